The molecule has 1 aliphatic carbocycles. The molecule has 1 rings (SSSR count). The number of rotatable bonds is 4. The Labute approximate surface area is 86.3 Å². The SMILES string of the molecule is CC(O)C(O)C(N)CC1CCCCC1. The molecule has 3 unspecified atom stereocenters. The maximum absolute atomic E-state index is 9.55. The molecular formula is C11H23NO2. The number of hydrogen-bond donors (Lipinski definition) is 3. The average molecular weight is 201 g/mol. The molecule has 0 aliphatic heterocycles. The Morgan fingerprint density at radius 1 is 1.21 bits per heavy atom. The van der Waals surface area contributed by atoms with Crippen molar-refractivity contribution in [2.45, 2.75) is 63.7 Å². The van der Waals surface area contributed by atoms with Crippen molar-refractivity contribution in [3.8, 4) is 0 Å². The van der Waals surface area contributed by atoms with Crippen molar-refractivity contribution in [3.63, 3.8) is 0 Å². The minimum absolute atomic E-state index is 0.266. The van der Waals surface area contributed by atoms with Crippen LogP contribution < -0.4 is 5.73 Å². The van der Waals surface area contributed by atoms with Crippen LogP contribution >= 0.6 is 0 Å². The summed E-state index contributed by atoms with van der Waals surface area (Å²) in [5.74, 6) is 0.659. The van der Waals surface area contributed by atoms with Gasteiger partial charge in [-0.15, -0.1) is 0 Å². The molecule has 4 N–H and O–H groups in total. The molecular weight excluding hydrogens is 178 g/mol. The third-order valence-electron chi connectivity index (χ3n) is 3.26. The third-order valence-corrected chi connectivity index (χ3v) is 3.26. The van der Waals surface area contributed by atoms with Gasteiger partial charge < -0.3 is 15.9 Å². The molecule has 0 spiro atoms. The summed E-state index contributed by atoms with van der Waals surface area (Å²) in [6, 6.07) is -0.266. The summed E-state index contributed by atoms with van der Waals surface area (Å²) >= 11 is 0. The lowest BCUT2D eigenvalue weighted by atomic mass is 9.83. The fourth-order valence-electron chi connectivity index (χ4n) is 2.30. The summed E-state index contributed by atoms with van der Waals surface area (Å²) in [5.41, 5.74) is 5.84. The minimum Gasteiger partial charge on any atom is -0.391 e. The van der Waals surface area contributed by atoms with E-state index in [1.54, 1.807) is 6.92 Å². The van der Waals surface area contributed by atoms with E-state index in [1.807, 2.05) is 0 Å². The highest BCUT2D eigenvalue weighted by molar-refractivity contribution is 4.80. The van der Waals surface area contributed by atoms with Gasteiger partial charge in [-0.25, -0.2) is 0 Å². The van der Waals surface area contributed by atoms with Crippen molar-refractivity contribution >= 4 is 0 Å². The highest BCUT2D eigenvalue weighted by Crippen LogP contribution is 2.27. The van der Waals surface area contributed by atoms with Crippen LogP contribution in [0.3, 0.4) is 0 Å². The lowest BCUT2D eigenvalue weighted by molar-refractivity contribution is 0.00903. The van der Waals surface area contributed by atoms with Crippen molar-refractivity contribution in [1.29, 1.82) is 0 Å². The van der Waals surface area contributed by atoms with Crippen LogP contribution in [0, 0.1) is 5.92 Å². The van der Waals surface area contributed by atoms with Gasteiger partial charge in [-0.3, -0.25) is 0 Å². The van der Waals surface area contributed by atoms with Gasteiger partial charge in [0.25, 0.3) is 0 Å². The Morgan fingerprint density at radius 3 is 2.29 bits per heavy atom. The van der Waals surface area contributed by atoms with Crippen LogP contribution in [0.2, 0.25) is 0 Å². The zero-order chi connectivity index (χ0) is 10.6. The first-order valence-electron chi connectivity index (χ1n) is 5.73. The number of aliphatic hydroxyl groups excluding tert-OH is 2. The van der Waals surface area contributed by atoms with Gasteiger partial charge >= 0.3 is 0 Å². The molecule has 1 saturated carbocycles. The lowest BCUT2D eigenvalue weighted by Crippen LogP contribution is -2.43. The van der Waals surface area contributed by atoms with E-state index < -0.39 is 12.2 Å². The molecule has 0 bridgehead atoms. The van der Waals surface area contributed by atoms with E-state index in [0.29, 0.717) is 5.92 Å². The molecule has 3 heteroatoms. The van der Waals surface area contributed by atoms with E-state index >= 15 is 0 Å². The molecule has 3 nitrogen and oxygen atoms in total. The molecule has 0 radical (unpaired) electrons. The second-order valence-corrected chi connectivity index (χ2v) is 4.63. The molecule has 1 aliphatic rings. The first-order valence-corrected chi connectivity index (χ1v) is 5.73. The summed E-state index contributed by atoms with van der Waals surface area (Å²) in [4.78, 5) is 0. The van der Waals surface area contributed by atoms with Gasteiger partial charge in [0.15, 0.2) is 0 Å². The van der Waals surface area contributed by atoms with Crippen LogP contribution in [0.5, 0.6) is 0 Å². The Kier molecular flexibility index (Phi) is 4.85. The molecule has 84 valence electrons. The molecule has 0 aromatic carbocycles. The monoisotopic (exact) mass is 201 g/mol. The minimum atomic E-state index is -0.767. The summed E-state index contributed by atoms with van der Waals surface area (Å²) in [7, 11) is 0. The fourth-order valence-corrected chi connectivity index (χ4v) is 2.30. The van der Waals surface area contributed by atoms with Gasteiger partial charge in [0.2, 0.25) is 0 Å². The van der Waals surface area contributed by atoms with Crippen molar-refractivity contribution < 1.29 is 10.2 Å². The van der Waals surface area contributed by atoms with Crippen molar-refractivity contribution in [2.75, 3.05) is 0 Å². The second-order valence-electron chi connectivity index (χ2n) is 4.63. The predicted molar refractivity (Wildman–Crippen MR) is 56.9 cm³/mol. The summed E-state index contributed by atoms with van der Waals surface area (Å²) in [6.45, 7) is 1.59. The standard InChI is InChI=1S/C11H23NO2/c1-8(13)11(14)10(12)7-9-5-3-2-4-6-9/h8-11,13-14H,2-7,12H2,1H3. The maximum atomic E-state index is 9.55. The van der Waals surface area contributed by atoms with Gasteiger partial charge in [0.1, 0.15) is 0 Å². The topological polar surface area (TPSA) is 66.5 Å². The number of hydrogen-bond acceptors (Lipinski definition) is 3. The van der Waals surface area contributed by atoms with Crippen molar-refractivity contribution in [2.24, 2.45) is 11.7 Å². The van der Waals surface area contributed by atoms with Crippen LogP contribution in [0.1, 0.15) is 45.4 Å². The number of aliphatic hydroxyl groups is 2. The Morgan fingerprint density at radius 2 is 1.79 bits per heavy atom. The van der Waals surface area contributed by atoms with Crippen molar-refractivity contribution in [1.82, 2.24) is 0 Å². The molecule has 3 atom stereocenters. The highest BCUT2D eigenvalue weighted by atomic mass is 16.3. The smallest absolute Gasteiger partial charge is 0.0946 e. The van der Waals surface area contributed by atoms with Gasteiger partial charge in [-0.05, 0) is 19.3 Å². The van der Waals surface area contributed by atoms with Crippen LogP contribution in [-0.4, -0.2) is 28.5 Å². The molecule has 0 heterocycles. The second kappa shape index (κ2) is 5.69. The largest absolute Gasteiger partial charge is 0.391 e. The molecule has 14 heavy (non-hydrogen) atoms. The first kappa shape index (κ1) is 12.0. The van der Waals surface area contributed by atoms with E-state index in [0.717, 1.165) is 6.42 Å². The predicted octanol–water partition coefficient (Wildman–Crippen LogP) is 1.03. The first-order chi connectivity index (χ1) is 6.61. The molecule has 0 saturated heterocycles. The van der Waals surface area contributed by atoms with Gasteiger partial charge in [-0.2, -0.15) is 0 Å². The van der Waals surface area contributed by atoms with E-state index in [1.165, 1.54) is 32.1 Å². The van der Waals surface area contributed by atoms with Gasteiger partial charge in [-0.1, -0.05) is 32.1 Å². The number of nitrogens with two attached hydrogens (primary N) is 1. The van der Waals surface area contributed by atoms with Crippen LogP contribution in [-0.2, 0) is 0 Å². The van der Waals surface area contributed by atoms with Gasteiger partial charge in [0, 0.05) is 6.04 Å². The molecule has 0 aromatic rings. The molecule has 0 aromatic heterocycles. The summed E-state index contributed by atoms with van der Waals surface area (Å²) < 4.78 is 0. The summed E-state index contributed by atoms with van der Waals surface area (Å²) in [6.07, 6.45) is 5.77. The maximum Gasteiger partial charge on any atom is 0.0946 e. The zero-order valence-corrected chi connectivity index (χ0v) is 9.02. The lowest BCUT2D eigenvalue weighted by Gasteiger charge is -2.28. The third kappa shape index (κ3) is 3.56. The summed E-state index contributed by atoms with van der Waals surface area (Å²) in [5, 5.41) is 18.7. The van der Waals surface area contributed by atoms with Crippen molar-refractivity contribution in [3.05, 3.63) is 0 Å². The molecule has 0 amide bonds. The van der Waals surface area contributed by atoms with E-state index in [2.05, 4.69) is 0 Å². The van der Waals surface area contributed by atoms with E-state index in [9.17, 15) is 10.2 Å². The zero-order valence-electron chi connectivity index (χ0n) is 9.02. The van der Waals surface area contributed by atoms with Crippen LogP contribution in [0.4, 0.5) is 0 Å². The Hall–Kier alpha value is -0.120. The quantitative estimate of drug-likeness (QED) is 0.636. The van der Waals surface area contributed by atoms with E-state index in [-0.39, 0.29) is 6.04 Å². The van der Waals surface area contributed by atoms with Crippen LogP contribution in [0.15, 0.2) is 0 Å². The molecule has 1 fully saturated rings. The van der Waals surface area contributed by atoms with Gasteiger partial charge in [0.05, 0.1) is 12.2 Å². The van der Waals surface area contributed by atoms with E-state index in [4.69, 9.17) is 5.73 Å². The van der Waals surface area contributed by atoms with Crippen LogP contribution in [0.25, 0.3) is 0 Å². The normalized spacial score (nSPS) is 25.7. The average Bonchev–Trinajstić information content (AvgIpc) is 2.18. The highest BCUT2D eigenvalue weighted by Gasteiger charge is 2.24. The Balaban J connectivity index is 2.27. The fraction of sp³-hybridized carbons (Fsp3) is 1.00. The Bertz CT molecular complexity index is 155.